The molecule has 0 atom stereocenters. The molecule has 0 saturated carbocycles. The Kier molecular flexibility index (Phi) is 3.90. The van der Waals surface area contributed by atoms with Gasteiger partial charge in [-0.1, -0.05) is 26.0 Å². The van der Waals surface area contributed by atoms with Crippen molar-refractivity contribution in [2.75, 3.05) is 0 Å². The van der Waals surface area contributed by atoms with Gasteiger partial charge in [-0.3, -0.25) is 0 Å². The third-order valence-electron chi connectivity index (χ3n) is 1.44. The molecule has 0 heterocycles. The van der Waals surface area contributed by atoms with Crippen LogP contribution < -0.4 is 4.74 Å². The van der Waals surface area contributed by atoms with E-state index in [1.165, 1.54) is 23.9 Å². The fourth-order valence-corrected chi connectivity index (χ4v) is 1.90. The smallest absolute Gasteiger partial charge is 0.405 e. The number of hydrogen-bond acceptors (Lipinski definition) is 2. The van der Waals surface area contributed by atoms with Gasteiger partial charge in [-0.2, -0.15) is 0 Å². The third kappa shape index (κ3) is 4.46. The molecule has 0 N–H and O–H groups in total. The Balaban J connectivity index is 2.86. The monoisotopic (exact) mass is 236 g/mol. The van der Waals surface area contributed by atoms with Gasteiger partial charge in [-0.25, -0.2) is 0 Å². The molecule has 0 bridgehead atoms. The van der Waals surface area contributed by atoms with Crippen LogP contribution in [0.1, 0.15) is 13.8 Å². The molecule has 0 spiro atoms. The molecular weight excluding hydrogens is 225 g/mol. The van der Waals surface area contributed by atoms with Crippen molar-refractivity contribution in [3.8, 4) is 5.75 Å². The van der Waals surface area contributed by atoms with Crippen molar-refractivity contribution < 1.29 is 17.9 Å². The number of halogens is 3. The maximum atomic E-state index is 12.0. The van der Waals surface area contributed by atoms with Crippen LogP contribution in [0.4, 0.5) is 13.2 Å². The molecule has 0 amide bonds. The SMILES string of the molecule is CC(C)Sc1ccccc1OC(F)(F)F. The van der Waals surface area contributed by atoms with Crippen LogP contribution in [-0.4, -0.2) is 11.6 Å². The zero-order chi connectivity index (χ0) is 11.5. The van der Waals surface area contributed by atoms with Crippen LogP contribution in [0.5, 0.6) is 5.75 Å². The molecular formula is C10H11F3OS. The van der Waals surface area contributed by atoms with E-state index >= 15 is 0 Å². The highest BCUT2D eigenvalue weighted by atomic mass is 32.2. The first-order chi connectivity index (χ1) is 6.88. The quantitative estimate of drug-likeness (QED) is 0.731. The van der Waals surface area contributed by atoms with E-state index < -0.39 is 6.36 Å². The summed E-state index contributed by atoms with van der Waals surface area (Å²) in [7, 11) is 0. The molecule has 15 heavy (non-hydrogen) atoms. The van der Waals surface area contributed by atoms with Crippen molar-refractivity contribution in [2.45, 2.75) is 30.4 Å². The van der Waals surface area contributed by atoms with Crippen LogP contribution in [0.2, 0.25) is 0 Å². The first kappa shape index (κ1) is 12.2. The molecule has 0 unspecified atom stereocenters. The van der Waals surface area contributed by atoms with Crippen molar-refractivity contribution in [2.24, 2.45) is 0 Å². The Morgan fingerprint density at radius 3 is 2.33 bits per heavy atom. The summed E-state index contributed by atoms with van der Waals surface area (Å²) in [5, 5.41) is 0.211. The van der Waals surface area contributed by atoms with Gasteiger partial charge in [0.05, 0.1) is 0 Å². The average Bonchev–Trinajstić information content (AvgIpc) is 2.05. The summed E-state index contributed by atoms with van der Waals surface area (Å²) in [6, 6.07) is 6.14. The Hall–Kier alpha value is -0.840. The molecule has 0 aromatic heterocycles. The molecule has 5 heteroatoms. The topological polar surface area (TPSA) is 9.23 Å². The zero-order valence-electron chi connectivity index (χ0n) is 8.34. The predicted molar refractivity (Wildman–Crippen MR) is 54.1 cm³/mol. The molecule has 84 valence electrons. The van der Waals surface area contributed by atoms with Gasteiger partial charge in [0.25, 0.3) is 0 Å². The zero-order valence-corrected chi connectivity index (χ0v) is 9.15. The number of para-hydroxylation sites is 1. The van der Waals surface area contributed by atoms with Crippen molar-refractivity contribution >= 4 is 11.8 Å². The second-order valence-corrected chi connectivity index (χ2v) is 4.78. The van der Waals surface area contributed by atoms with Gasteiger partial charge in [0.15, 0.2) is 0 Å². The molecule has 0 aliphatic heterocycles. The van der Waals surface area contributed by atoms with Gasteiger partial charge < -0.3 is 4.74 Å². The summed E-state index contributed by atoms with van der Waals surface area (Å²) in [6.45, 7) is 3.82. The summed E-state index contributed by atoms with van der Waals surface area (Å²) < 4.78 is 40.0. The van der Waals surface area contributed by atoms with E-state index in [2.05, 4.69) is 4.74 Å². The molecule has 0 aliphatic carbocycles. The lowest BCUT2D eigenvalue weighted by molar-refractivity contribution is -0.275. The van der Waals surface area contributed by atoms with Crippen LogP contribution in [0.3, 0.4) is 0 Å². The van der Waals surface area contributed by atoms with Gasteiger partial charge in [-0.05, 0) is 12.1 Å². The fourth-order valence-electron chi connectivity index (χ4n) is 1.01. The Bertz CT molecular complexity index is 323. The largest absolute Gasteiger partial charge is 0.573 e. The first-order valence-electron chi connectivity index (χ1n) is 4.40. The number of alkyl halides is 3. The molecule has 0 aliphatic rings. The molecule has 0 radical (unpaired) electrons. The summed E-state index contributed by atoms with van der Waals surface area (Å²) in [6.07, 6.45) is -4.63. The number of benzene rings is 1. The molecule has 0 saturated heterocycles. The Morgan fingerprint density at radius 2 is 1.80 bits per heavy atom. The second-order valence-electron chi connectivity index (χ2n) is 3.16. The molecule has 1 nitrogen and oxygen atoms in total. The minimum atomic E-state index is -4.63. The van der Waals surface area contributed by atoms with Gasteiger partial charge in [0, 0.05) is 10.1 Å². The Morgan fingerprint density at radius 1 is 1.20 bits per heavy atom. The normalized spacial score (nSPS) is 11.9. The van der Waals surface area contributed by atoms with E-state index in [1.54, 1.807) is 12.1 Å². The van der Waals surface area contributed by atoms with Gasteiger partial charge in [0.2, 0.25) is 0 Å². The highest BCUT2D eigenvalue weighted by molar-refractivity contribution is 8.00. The van der Waals surface area contributed by atoms with Gasteiger partial charge in [-0.15, -0.1) is 24.9 Å². The number of rotatable bonds is 3. The number of ether oxygens (including phenoxy) is 1. The minimum Gasteiger partial charge on any atom is -0.405 e. The summed E-state index contributed by atoms with van der Waals surface area (Å²) in [5.41, 5.74) is 0. The minimum absolute atomic E-state index is 0.135. The number of hydrogen-bond donors (Lipinski definition) is 0. The number of thioether (sulfide) groups is 1. The highest BCUT2D eigenvalue weighted by Crippen LogP contribution is 2.34. The summed E-state index contributed by atoms with van der Waals surface area (Å²) in [4.78, 5) is 0.504. The van der Waals surface area contributed by atoms with E-state index in [0.717, 1.165) is 0 Å². The van der Waals surface area contributed by atoms with Crippen molar-refractivity contribution in [3.05, 3.63) is 24.3 Å². The lowest BCUT2D eigenvalue weighted by Crippen LogP contribution is -2.17. The molecule has 1 aromatic carbocycles. The van der Waals surface area contributed by atoms with Gasteiger partial charge >= 0.3 is 6.36 Å². The van der Waals surface area contributed by atoms with Crippen molar-refractivity contribution in [1.82, 2.24) is 0 Å². The van der Waals surface area contributed by atoms with Crippen LogP contribution in [-0.2, 0) is 0 Å². The molecule has 1 rings (SSSR count). The van der Waals surface area contributed by atoms with Crippen molar-refractivity contribution in [1.29, 1.82) is 0 Å². The molecule has 0 fully saturated rings. The lowest BCUT2D eigenvalue weighted by Gasteiger charge is -2.13. The third-order valence-corrected chi connectivity index (χ3v) is 2.50. The Labute approximate surface area is 90.6 Å². The van der Waals surface area contributed by atoms with Crippen LogP contribution in [0.15, 0.2) is 29.2 Å². The van der Waals surface area contributed by atoms with E-state index in [4.69, 9.17) is 0 Å². The summed E-state index contributed by atoms with van der Waals surface area (Å²) in [5.74, 6) is -0.135. The van der Waals surface area contributed by atoms with Crippen LogP contribution in [0, 0.1) is 0 Å². The fraction of sp³-hybridized carbons (Fsp3) is 0.400. The first-order valence-corrected chi connectivity index (χ1v) is 5.28. The standard InChI is InChI=1S/C10H11F3OS/c1-7(2)15-9-6-4-3-5-8(9)14-10(11,12)13/h3-7H,1-2H3. The van der Waals surface area contributed by atoms with E-state index in [9.17, 15) is 13.2 Å². The van der Waals surface area contributed by atoms with E-state index in [0.29, 0.717) is 4.90 Å². The van der Waals surface area contributed by atoms with E-state index in [1.807, 2.05) is 13.8 Å². The maximum absolute atomic E-state index is 12.0. The summed E-state index contributed by atoms with van der Waals surface area (Å²) >= 11 is 1.34. The van der Waals surface area contributed by atoms with Gasteiger partial charge in [0.1, 0.15) is 5.75 Å². The molecule has 1 aromatic rings. The van der Waals surface area contributed by atoms with E-state index in [-0.39, 0.29) is 11.0 Å². The van der Waals surface area contributed by atoms with Crippen LogP contribution in [0.25, 0.3) is 0 Å². The van der Waals surface area contributed by atoms with Crippen LogP contribution >= 0.6 is 11.8 Å². The average molecular weight is 236 g/mol. The highest BCUT2D eigenvalue weighted by Gasteiger charge is 2.32. The maximum Gasteiger partial charge on any atom is 0.573 e. The lowest BCUT2D eigenvalue weighted by atomic mass is 10.3. The van der Waals surface area contributed by atoms with Crippen molar-refractivity contribution in [3.63, 3.8) is 0 Å². The second kappa shape index (κ2) is 4.79. The predicted octanol–water partition coefficient (Wildman–Crippen LogP) is 4.09.